The summed E-state index contributed by atoms with van der Waals surface area (Å²) in [5.74, 6) is 0.867. The predicted octanol–water partition coefficient (Wildman–Crippen LogP) is 3.94. The first-order valence-electron chi connectivity index (χ1n) is 8.24. The zero-order chi connectivity index (χ0) is 17.0. The molecular weight excluding hydrogens is 292 g/mol. The Balaban J connectivity index is 1.79. The van der Waals surface area contributed by atoms with Crippen molar-refractivity contribution in [1.29, 1.82) is 0 Å². The first-order valence-corrected chi connectivity index (χ1v) is 8.24. The molecule has 0 spiro atoms. The number of amides is 1. The molecule has 5 heteroatoms. The topological polar surface area (TPSA) is 59.6 Å². The van der Waals surface area contributed by atoms with Crippen LogP contribution in [0.1, 0.15) is 47.5 Å². The van der Waals surface area contributed by atoms with Crippen LogP contribution in [0, 0.1) is 0 Å². The quantitative estimate of drug-likeness (QED) is 0.862. The Bertz CT molecular complexity index is 531. The van der Waals surface area contributed by atoms with Crippen LogP contribution < -0.4 is 15.4 Å². The first kappa shape index (κ1) is 17.4. The van der Waals surface area contributed by atoms with E-state index in [2.05, 4.69) is 10.6 Å². The number of hydrogen-bond donors (Lipinski definition) is 2. The number of alkyl carbamates (subject to hydrolysis) is 1. The molecule has 1 fully saturated rings. The van der Waals surface area contributed by atoms with Crippen molar-refractivity contribution < 1.29 is 14.3 Å². The summed E-state index contributed by atoms with van der Waals surface area (Å²) < 4.78 is 11.1. The zero-order valence-electron chi connectivity index (χ0n) is 14.7. The minimum absolute atomic E-state index is 0.140. The van der Waals surface area contributed by atoms with Crippen molar-refractivity contribution in [2.24, 2.45) is 0 Å². The molecule has 2 N–H and O–H groups in total. The van der Waals surface area contributed by atoms with Crippen LogP contribution in [-0.4, -0.2) is 29.9 Å². The fraction of sp³-hybridized carbons (Fsp3) is 0.611. The summed E-state index contributed by atoms with van der Waals surface area (Å²) in [6, 6.07) is 8.46. The SMILES string of the molecule is CC(C)Oc1ccccc1NC1CC(NC(=O)OC(C)(C)C)C1. The van der Waals surface area contributed by atoms with Gasteiger partial charge in [-0.1, -0.05) is 12.1 Å². The Labute approximate surface area is 138 Å². The summed E-state index contributed by atoms with van der Waals surface area (Å²) in [5.41, 5.74) is 0.542. The number of nitrogens with one attached hydrogen (secondary N) is 2. The highest BCUT2D eigenvalue weighted by atomic mass is 16.6. The van der Waals surface area contributed by atoms with E-state index >= 15 is 0 Å². The molecule has 128 valence electrons. The smallest absolute Gasteiger partial charge is 0.407 e. The molecule has 1 aliphatic carbocycles. The maximum absolute atomic E-state index is 11.7. The number of hydrogen-bond acceptors (Lipinski definition) is 4. The minimum Gasteiger partial charge on any atom is -0.489 e. The third-order valence-electron chi connectivity index (χ3n) is 3.47. The molecule has 0 bridgehead atoms. The lowest BCUT2D eigenvalue weighted by molar-refractivity contribution is 0.0475. The number of anilines is 1. The third-order valence-corrected chi connectivity index (χ3v) is 3.47. The van der Waals surface area contributed by atoms with Crippen LogP contribution in [0.2, 0.25) is 0 Å². The second kappa shape index (κ2) is 7.11. The van der Waals surface area contributed by atoms with Gasteiger partial charge in [-0.05, 0) is 59.6 Å². The van der Waals surface area contributed by atoms with Crippen molar-refractivity contribution in [1.82, 2.24) is 5.32 Å². The molecule has 0 aromatic heterocycles. The van der Waals surface area contributed by atoms with E-state index in [-0.39, 0.29) is 18.2 Å². The van der Waals surface area contributed by atoms with Crippen LogP contribution in [0.25, 0.3) is 0 Å². The molecule has 23 heavy (non-hydrogen) atoms. The molecule has 1 aromatic carbocycles. The van der Waals surface area contributed by atoms with Crippen molar-refractivity contribution in [3.05, 3.63) is 24.3 Å². The van der Waals surface area contributed by atoms with E-state index in [1.54, 1.807) is 0 Å². The normalized spacial score (nSPS) is 20.6. The van der Waals surface area contributed by atoms with Crippen molar-refractivity contribution in [2.75, 3.05) is 5.32 Å². The van der Waals surface area contributed by atoms with E-state index in [1.165, 1.54) is 0 Å². The Morgan fingerprint density at radius 2 is 1.83 bits per heavy atom. The van der Waals surface area contributed by atoms with Gasteiger partial charge in [0.25, 0.3) is 0 Å². The summed E-state index contributed by atoms with van der Waals surface area (Å²) in [7, 11) is 0. The monoisotopic (exact) mass is 320 g/mol. The predicted molar refractivity (Wildman–Crippen MR) is 92.0 cm³/mol. The molecule has 0 radical (unpaired) electrons. The lowest BCUT2D eigenvalue weighted by Gasteiger charge is -2.37. The van der Waals surface area contributed by atoms with E-state index in [0.717, 1.165) is 24.3 Å². The average molecular weight is 320 g/mol. The van der Waals surface area contributed by atoms with E-state index in [1.807, 2.05) is 58.9 Å². The molecule has 0 unspecified atom stereocenters. The minimum atomic E-state index is -0.460. The Kier molecular flexibility index (Phi) is 5.39. The lowest BCUT2D eigenvalue weighted by atomic mass is 9.86. The van der Waals surface area contributed by atoms with Gasteiger partial charge in [-0.2, -0.15) is 0 Å². The van der Waals surface area contributed by atoms with Gasteiger partial charge in [0, 0.05) is 12.1 Å². The molecule has 0 saturated heterocycles. The number of para-hydroxylation sites is 2. The van der Waals surface area contributed by atoms with E-state index in [4.69, 9.17) is 9.47 Å². The van der Waals surface area contributed by atoms with Crippen LogP contribution in [0.15, 0.2) is 24.3 Å². The number of ether oxygens (including phenoxy) is 2. The van der Waals surface area contributed by atoms with Gasteiger partial charge in [0.2, 0.25) is 0 Å². The fourth-order valence-electron chi connectivity index (χ4n) is 2.49. The molecule has 1 amide bonds. The number of benzene rings is 1. The van der Waals surface area contributed by atoms with Crippen LogP contribution in [-0.2, 0) is 4.74 Å². The first-order chi connectivity index (χ1) is 10.7. The second-order valence-electron chi connectivity index (χ2n) is 7.32. The standard InChI is InChI=1S/C18H28N2O3/c1-12(2)22-16-9-7-6-8-15(16)19-13-10-14(11-13)20-17(21)23-18(3,4)5/h6-9,12-14,19H,10-11H2,1-5H3,(H,20,21). The van der Waals surface area contributed by atoms with Crippen molar-refractivity contribution in [2.45, 2.75) is 71.2 Å². The highest BCUT2D eigenvalue weighted by molar-refractivity contribution is 5.68. The summed E-state index contributed by atoms with van der Waals surface area (Å²) in [6.45, 7) is 9.62. The van der Waals surface area contributed by atoms with Gasteiger partial charge in [-0.25, -0.2) is 4.79 Å². The zero-order valence-corrected chi connectivity index (χ0v) is 14.7. The molecule has 1 aliphatic rings. The Morgan fingerprint density at radius 3 is 2.43 bits per heavy atom. The van der Waals surface area contributed by atoms with Gasteiger partial charge in [-0.3, -0.25) is 0 Å². The molecule has 1 saturated carbocycles. The van der Waals surface area contributed by atoms with Crippen LogP contribution in [0.4, 0.5) is 10.5 Å². The van der Waals surface area contributed by atoms with Gasteiger partial charge in [-0.15, -0.1) is 0 Å². The fourth-order valence-corrected chi connectivity index (χ4v) is 2.49. The van der Waals surface area contributed by atoms with E-state index < -0.39 is 5.60 Å². The largest absolute Gasteiger partial charge is 0.489 e. The second-order valence-corrected chi connectivity index (χ2v) is 7.32. The molecular formula is C18H28N2O3. The van der Waals surface area contributed by atoms with Gasteiger partial charge in [0.05, 0.1) is 11.8 Å². The van der Waals surface area contributed by atoms with Crippen LogP contribution >= 0.6 is 0 Å². The van der Waals surface area contributed by atoms with E-state index in [0.29, 0.717) is 6.04 Å². The highest BCUT2D eigenvalue weighted by Crippen LogP contribution is 2.30. The van der Waals surface area contributed by atoms with Crippen molar-refractivity contribution in [3.63, 3.8) is 0 Å². The Morgan fingerprint density at radius 1 is 1.17 bits per heavy atom. The molecule has 2 rings (SSSR count). The summed E-state index contributed by atoms with van der Waals surface area (Å²) in [6.07, 6.45) is 1.57. The van der Waals surface area contributed by atoms with E-state index in [9.17, 15) is 4.79 Å². The van der Waals surface area contributed by atoms with Crippen LogP contribution in [0.3, 0.4) is 0 Å². The number of rotatable bonds is 5. The molecule has 5 nitrogen and oxygen atoms in total. The molecule has 0 aliphatic heterocycles. The van der Waals surface area contributed by atoms with Gasteiger partial charge < -0.3 is 20.1 Å². The highest BCUT2D eigenvalue weighted by Gasteiger charge is 2.32. The molecule has 1 aromatic rings. The maximum atomic E-state index is 11.7. The summed E-state index contributed by atoms with van der Waals surface area (Å²) in [4.78, 5) is 11.7. The third kappa shape index (κ3) is 5.66. The number of carbonyl (C=O) groups excluding carboxylic acids is 1. The Hall–Kier alpha value is -1.91. The van der Waals surface area contributed by atoms with Crippen molar-refractivity contribution >= 4 is 11.8 Å². The average Bonchev–Trinajstić information content (AvgIpc) is 2.35. The van der Waals surface area contributed by atoms with Gasteiger partial charge >= 0.3 is 6.09 Å². The number of carbonyl (C=O) groups is 1. The molecule has 0 heterocycles. The van der Waals surface area contributed by atoms with Gasteiger partial charge in [0.1, 0.15) is 11.4 Å². The van der Waals surface area contributed by atoms with Crippen molar-refractivity contribution in [3.8, 4) is 5.75 Å². The van der Waals surface area contributed by atoms with Crippen LogP contribution in [0.5, 0.6) is 5.75 Å². The summed E-state index contributed by atoms with van der Waals surface area (Å²) >= 11 is 0. The summed E-state index contributed by atoms with van der Waals surface area (Å²) in [5, 5.41) is 6.39. The maximum Gasteiger partial charge on any atom is 0.407 e. The molecule has 0 atom stereocenters. The lowest BCUT2D eigenvalue weighted by Crippen LogP contribution is -2.50. The van der Waals surface area contributed by atoms with Gasteiger partial charge in [0.15, 0.2) is 0 Å².